The highest BCUT2D eigenvalue weighted by Gasteiger charge is 2.39. The highest BCUT2D eigenvalue weighted by molar-refractivity contribution is 5.05. The Morgan fingerprint density at radius 2 is 2.11 bits per heavy atom. The molecule has 0 aliphatic heterocycles. The highest BCUT2D eigenvalue weighted by Crippen LogP contribution is 2.34. The molecule has 3 N–H and O–H groups in total. The zero-order chi connectivity index (χ0) is 12.8. The second-order valence-corrected chi connectivity index (χ2v) is 5.19. The van der Waals surface area contributed by atoms with E-state index in [1.165, 1.54) is 25.7 Å². The van der Waals surface area contributed by atoms with Crippen LogP contribution in [0.1, 0.15) is 44.3 Å². The van der Waals surface area contributed by atoms with E-state index >= 15 is 0 Å². The van der Waals surface area contributed by atoms with Gasteiger partial charge in [-0.2, -0.15) is 0 Å². The van der Waals surface area contributed by atoms with Crippen LogP contribution in [-0.2, 0) is 11.2 Å². The summed E-state index contributed by atoms with van der Waals surface area (Å²) in [7, 11) is 1.80. The first-order chi connectivity index (χ1) is 8.80. The van der Waals surface area contributed by atoms with E-state index in [9.17, 15) is 0 Å². The smallest absolute Gasteiger partial charge is 0.105 e. The minimum Gasteiger partial charge on any atom is -0.469 e. The molecule has 1 unspecified atom stereocenters. The van der Waals surface area contributed by atoms with Crippen LogP contribution in [0.3, 0.4) is 0 Å². The van der Waals surface area contributed by atoms with Crippen molar-refractivity contribution in [3.8, 4) is 0 Å². The largest absolute Gasteiger partial charge is 0.469 e. The van der Waals surface area contributed by atoms with Crippen LogP contribution < -0.4 is 11.3 Å². The quantitative estimate of drug-likeness (QED) is 0.480. The average Bonchev–Trinajstić information content (AvgIpc) is 2.79. The van der Waals surface area contributed by atoms with E-state index in [4.69, 9.17) is 15.0 Å². The van der Waals surface area contributed by atoms with Gasteiger partial charge in [0.05, 0.1) is 17.9 Å². The number of rotatable bonds is 5. The summed E-state index contributed by atoms with van der Waals surface area (Å²) in [5.41, 5.74) is 2.79. The van der Waals surface area contributed by atoms with E-state index in [1.54, 1.807) is 13.4 Å². The van der Waals surface area contributed by atoms with Gasteiger partial charge in [0.25, 0.3) is 0 Å². The number of nitrogens with two attached hydrogens (primary N) is 1. The van der Waals surface area contributed by atoms with Crippen LogP contribution in [0.5, 0.6) is 0 Å². The van der Waals surface area contributed by atoms with Crippen molar-refractivity contribution < 1.29 is 9.15 Å². The number of hydrogen-bond donors (Lipinski definition) is 2. The van der Waals surface area contributed by atoms with Crippen molar-refractivity contribution in [2.24, 2.45) is 5.84 Å². The Labute approximate surface area is 109 Å². The van der Waals surface area contributed by atoms with Crippen molar-refractivity contribution in [1.29, 1.82) is 0 Å². The lowest BCUT2D eigenvalue weighted by Gasteiger charge is -2.38. The van der Waals surface area contributed by atoms with Gasteiger partial charge in [-0.05, 0) is 25.0 Å². The lowest BCUT2D eigenvalue weighted by Crippen LogP contribution is -2.55. The molecule has 1 aromatic heterocycles. The molecule has 0 amide bonds. The van der Waals surface area contributed by atoms with Gasteiger partial charge in [-0.3, -0.25) is 11.3 Å². The lowest BCUT2D eigenvalue weighted by molar-refractivity contribution is -0.0537. The van der Waals surface area contributed by atoms with Crippen LogP contribution in [-0.4, -0.2) is 18.8 Å². The first-order valence-electron chi connectivity index (χ1n) is 6.84. The third kappa shape index (κ3) is 2.94. The van der Waals surface area contributed by atoms with Gasteiger partial charge in [0.1, 0.15) is 5.76 Å². The van der Waals surface area contributed by atoms with Gasteiger partial charge >= 0.3 is 0 Å². The van der Waals surface area contributed by atoms with Gasteiger partial charge in [0, 0.05) is 13.5 Å². The fourth-order valence-electron chi connectivity index (χ4n) is 3.05. The Kier molecular flexibility index (Phi) is 4.80. The van der Waals surface area contributed by atoms with Crippen LogP contribution in [0, 0.1) is 0 Å². The Balaban J connectivity index is 2.11. The summed E-state index contributed by atoms with van der Waals surface area (Å²) in [6, 6.07) is 4.01. The fourth-order valence-corrected chi connectivity index (χ4v) is 3.05. The summed E-state index contributed by atoms with van der Waals surface area (Å²) in [4.78, 5) is 0. The third-order valence-electron chi connectivity index (χ3n) is 4.18. The Morgan fingerprint density at radius 3 is 2.61 bits per heavy atom. The number of furan rings is 1. The molecule has 1 aliphatic rings. The number of hydrogen-bond acceptors (Lipinski definition) is 4. The van der Waals surface area contributed by atoms with Crippen LogP contribution in [0.25, 0.3) is 0 Å². The Morgan fingerprint density at radius 1 is 1.39 bits per heavy atom. The molecule has 4 nitrogen and oxygen atoms in total. The molecule has 0 saturated heterocycles. The minimum atomic E-state index is -0.155. The molecule has 1 aromatic rings. The molecule has 1 aliphatic carbocycles. The maximum Gasteiger partial charge on any atom is 0.105 e. The third-order valence-corrected chi connectivity index (χ3v) is 4.18. The standard InChI is InChI=1S/C14H24N2O2/c1-17-14(8-4-2-3-5-9-14)13(16-15)11-12-7-6-10-18-12/h6-7,10,13,16H,2-5,8-9,11,15H2,1H3. The number of methoxy groups -OCH3 is 1. The van der Waals surface area contributed by atoms with Gasteiger partial charge < -0.3 is 9.15 Å². The predicted octanol–water partition coefficient (Wildman–Crippen LogP) is 2.39. The van der Waals surface area contributed by atoms with Crippen molar-refractivity contribution in [3.05, 3.63) is 24.2 Å². The van der Waals surface area contributed by atoms with Crippen molar-refractivity contribution in [2.75, 3.05) is 7.11 Å². The van der Waals surface area contributed by atoms with Gasteiger partial charge in [-0.15, -0.1) is 0 Å². The molecule has 1 fully saturated rings. The zero-order valence-electron chi connectivity index (χ0n) is 11.2. The molecule has 0 aromatic carbocycles. The van der Waals surface area contributed by atoms with E-state index in [0.717, 1.165) is 25.0 Å². The summed E-state index contributed by atoms with van der Waals surface area (Å²) in [5.74, 6) is 6.72. The number of hydrazine groups is 1. The Hall–Kier alpha value is -0.840. The SMILES string of the molecule is COC1(C(Cc2ccco2)NN)CCCCCC1. The summed E-state index contributed by atoms with van der Waals surface area (Å²) < 4.78 is 11.3. The molecule has 18 heavy (non-hydrogen) atoms. The van der Waals surface area contributed by atoms with Gasteiger partial charge in [-0.25, -0.2) is 0 Å². The topological polar surface area (TPSA) is 60.4 Å². The molecule has 0 radical (unpaired) electrons. The van der Waals surface area contributed by atoms with Crippen molar-refractivity contribution >= 4 is 0 Å². The zero-order valence-corrected chi connectivity index (χ0v) is 11.2. The highest BCUT2D eigenvalue weighted by atomic mass is 16.5. The molecule has 4 heteroatoms. The fraction of sp³-hybridized carbons (Fsp3) is 0.714. The molecule has 1 saturated carbocycles. The van der Waals surface area contributed by atoms with Crippen molar-refractivity contribution in [3.63, 3.8) is 0 Å². The molecule has 0 bridgehead atoms. The van der Waals surface area contributed by atoms with Gasteiger partial charge in [0.15, 0.2) is 0 Å². The maximum atomic E-state index is 5.88. The van der Waals surface area contributed by atoms with E-state index < -0.39 is 0 Å². The molecule has 0 spiro atoms. The van der Waals surface area contributed by atoms with Gasteiger partial charge in [0.2, 0.25) is 0 Å². The van der Waals surface area contributed by atoms with E-state index in [1.807, 2.05) is 12.1 Å². The second-order valence-electron chi connectivity index (χ2n) is 5.19. The first kappa shape index (κ1) is 13.6. The van der Waals surface area contributed by atoms with Crippen molar-refractivity contribution in [2.45, 2.75) is 56.6 Å². The summed E-state index contributed by atoms with van der Waals surface area (Å²) in [6.07, 6.45) is 9.63. The predicted molar refractivity (Wildman–Crippen MR) is 71.0 cm³/mol. The summed E-state index contributed by atoms with van der Waals surface area (Å²) in [5, 5.41) is 0. The normalized spacial score (nSPS) is 21.4. The first-order valence-corrected chi connectivity index (χ1v) is 6.84. The maximum absolute atomic E-state index is 5.88. The monoisotopic (exact) mass is 252 g/mol. The average molecular weight is 252 g/mol. The summed E-state index contributed by atoms with van der Waals surface area (Å²) in [6.45, 7) is 0. The van der Waals surface area contributed by atoms with Crippen LogP contribution in [0.15, 0.2) is 22.8 Å². The number of ether oxygens (including phenoxy) is 1. The van der Waals surface area contributed by atoms with Crippen LogP contribution >= 0.6 is 0 Å². The Bertz CT molecular complexity index is 330. The second kappa shape index (κ2) is 6.36. The molecule has 102 valence electrons. The summed E-state index contributed by atoms with van der Waals surface area (Å²) >= 11 is 0. The van der Waals surface area contributed by atoms with Gasteiger partial charge in [-0.1, -0.05) is 25.7 Å². The molecule has 1 atom stereocenters. The van der Waals surface area contributed by atoms with Crippen molar-refractivity contribution in [1.82, 2.24) is 5.43 Å². The molecular weight excluding hydrogens is 228 g/mol. The van der Waals surface area contributed by atoms with E-state index in [0.29, 0.717) is 0 Å². The molecular formula is C14H24N2O2. The molecule has 2 rings (SSSR count). The molecule has 1 heterocycles. The minimum absolute atomic E-state index is 0.103. The van der Waals surface area contributed by atoms with Crippen LogP contribution in [0.4, 0.5) is 0 Å². The van der Waals surface area contributed by atoms with E-state index in [-0.39, 0.29) is 11.6 Å². The lowest BCUT2D eigenvalue weighted by atomic mass is 9.84. The van der Waals surface area contributed by atoms with Crippen LogP contribution in [0.2, 0.25) is 0 Å². The van der Waals surface area contributed by atoms with E-state index in [2.05, 4.69) is 5.43 Å². The number of nitrogens with one attached hydrogen (secondary N) is 1.